The molecule has 1 fully saturated rings. The maximum absolute atomic E-state index is 4.09. The zero-order chi connectivity index (χ0) is 24.2. The molecule has 0 saturated heterocycles. The van der Waals surface area contributed by atoms with Crippen LogP contribution < -0.4 is 16.2 Å². The van der Waals surface area contributed by atoms with Crippen molar-refractivity contribution in [1.82, 2.24) is 4.57 Å². The molecule has 36 heavy (non-hydrogen) atoms. The Balaban J connectivity index is 1.43. The maximum Gasteiger partial charge on any atom is 0.197 e. The van der Waals surface area contributed by atoms with Crippen LogP contribution in [-0.2, 0) is 5.41 Å². The molecule has 1 aromatic heterocycles. The van der Waals surface area contributed by atoms with Gasteiger partial charge in [-0.1, -0.05) is 85.9 Å². The molecule has 0 amide bonds. The molecule has 3 heterocycles. The first-order chi connectivity index (χ1) is 17.5. The van der Waals surface area contributed by atoms with Crippen molar-refractivity contribution in [3.63, 3.8) is 0 Å². The molecule has 8 rings (SSSR count). The molecule has 2 atom stereocenters. The van der Waals surface area contributed by atoms with Crippen LogP contribution in [0.4, 0.5) is 5.69 Å². The average Bonchev–Trinajstić information content (AvgIpc) is 3.35. The van der Waals surface area contributed by atoms with Crippen LogP contribution in [0.15, 0.2) is 72.8 Å². The van der Waals surface area contributed by atoms with Gasteiger partial charge in [-0.15, -0.1) is 0 Å². The minimum Gasteiger partial charge on any atom is -0.378 e. The van der Waals surface area contributed by atoms with E-state index in [0.29, 0.717) is 0 Å². The second kappa shape index (κ2) is 6.85. The van der Waals surface area contributed by atoms with E-state index in [1.165, 1.54) is 92.0 Å². The molecule has 3 heteroatoms. The maximum atomic E-state index is 4.09. The second-order valence-electron chi connectivity index (χ2n) is 11.7. The molecule has 2 aliphatic heterocycles. The number of nitrogens with zero attached hydrogens (tertiary/aromatic N) is 1. The highest BCUT2D eigenvalue weighted by molar-refractivity contribution is 6.73. The van der Waals surface area contributed by atoms with E-state index in [1.807, 2.05) is 0 Å². The molecule has 4 aromatic carbocycles. The summed E-state index contributed by atoms with van der Waals surface area (Å²) in [4.78, 5) is 0. The van der Waals surface area contributed by atoms with Crippen molar-refractivity contribution in [3.8, 4) is 16.8 Å². The summed E-state index contributed by atoms with van der Waals surface area (Å²) in [6.07, 6.45) is 5.12. The number of anilines is 1. The summed E-state index contributed by atoms with van der Waals surface area (Å²) in [6.45, 7) is 7.18. The van der Waals surface area contributed by atoms with Crippen LogP contribution in [0.25, 0.3) is 38.6 Å². The summed E-state index contributed by atoms with van der Waals surface area (Å²) >= 11 is 0. The summed E-state index contributed by atoms with van der Waals surface area (Å²) in [6, 6.07) is 27.4. The van der Waals surface area contributed by atoms with Gasteiger partial charge in [0.15, 0.2) is 7.28 Å². The molecule has 2 nitrogen and oxygen atoms in total. The molecule has 0 bridgehead atoms. The molecular weight excluding hydrogens is 435 g/mol. The molecule has 1 N–H and O–H groups in total. The van der Waals surface area contributed by atoms with Crippen LogP contribution in [0.5, 0.6) is 0 Å². The van der Waals surface area contributed by atoms with E-state index < -0.39 is 0 Å². The minimum absolute atomic E-state index is 0.118. The fourth-order valence-electron chi connectivity index (χ4n) is 7.69. The third-order valence-electron chi connectivity index (χ3n) is 9.74. The number of aryl methyl sites for hydroxylation is 1. The lowest BCUT2D eigenvalue weighted by atomic mass is 9.58. The van der Waals surface area contributed by atoms with E-state index in [0.717, 1.165) is 0 Å². The van der Waals surface area contributed by atoms with Gasteiger partial charge >= 0.3 is 0 Å². The Morgan fingerprint density at radius 2 is 1.64 bits per heavy atom. The molecule has 3 aliphatic rings. The Hall–Kier alpha value is -3.46. The summed E-state index contributed by atoms with van der Waals surface area (Å²) in [7, 11) is 2.43. The third-order valence-corrected chi connectivity index (χ3v) is 9.74. The van der Waals surface area contributed by atoms with Gasteiger partial charge in [-0.3, -0.25) is 0 Å². The highest BCUT2D eigenvalue weighted by Gasteiger charge is 2.53. The number of hydrogen-bond acceptors (Lipinski definition) is 1. The zero-order valence-corrected chi connectivity index (χ0v) is 21.3. The van der Waals surface area contributed by atoms with Crippen molar-refractivity contribution in [2.24, 2.45) is 0 Å². The SMILES string of the molecule is Cc1cc(-c2cccc3c2NC2(C)CCCCC32C)c2c(c1)-n1c3ccccc3c3cccc(c31)[B]2. The Labute approximate surface area is 213 Å². The lowest BCUT2D eigenvalue weighted by Gasteiger charge is -2.45. The minimum atomic E-state index is 0.118. The molecule has 2 unspecified atom stereocenters. The van der Waals surface area contributed by atoms with Crippen LogP contribution in [0.3, 0.4) is 0 Å². The van der Waals surface area contributed by atoms with Crippen molar-refractivity contribution in [2.45, 2.75) is 57.4 Å². The van der Waals surface area contributed by atoms with Gasteiger partial charge in [-0.2, -0.15) is 0 Å². The molecule has 1 aliphatic carbocycles. The Morgan fingerprint density at radius 1 is 0.833 bits per heavy atom. The number of aromatic nitrogens is 1. The summed E-state index contributed by atoms with van der Waals surface area (Å²) in [5.74, 6) is 0. The molecule has 1 saturated carbocycles. The number of fused-ring (bicyclic) bond motifs is 8. The van der Waals surface area contributed by atoms with Crippen LogP contribution in [0.2, 0.25) is 0 Å². The highest BCUT2D eigenvalue weighted by Crippen LogP contribution is 2.56. The Bertz CT molecular complexity index is 1740. The van der Waals surface area contributed by atoms with E-state index in [9.17, 15) is 0 Å². The van der Waals surface area contributed by atoms with Gasteiger partial charge in [-0.05, 0) is 61.0 Å². The van der Waals surface area contributed by atoms with E-state index in [-0.39, 0.29) is 11.0 Å². The smallest absolute Gasteiger partial charge is 0.197 e. The van der Waals surface area contributed by atoms with E-state index in [4.69, 9.17) is 0 Å². The molecular formula is C33H30BN2. The first-order valence-electron chi connectivity index (χ1n) is 13.4. The van der Waals surface area contributed by atoms with Crippen LogP contribution in [0, 0.1) is 6.92 Å². The van der Waals surface area contributed by atoms with Gasteiger partial charge in [0.2, 0.25) is 0 Å². The van der Waals surface area contributed by atoms with Crippen LogP contribution >= 0.6 is 0 Å². The van der Waals surface area contributed by atoms with E-state index in [1.54, 1.807) is 0 Å². The standard InChI is InChI=1S/C33H30BN2/c1-20-18-24(22-11-8-13-25-30(22)35-33(3)17-7-6-16-32(25,33)2)29-28(19-20)36-27-15-5-4-10-21(27)23-12-9-14-26(34-29)31(23)36/h4-5,8-15,18-19,35H,6-7,16-17H2,1-3H3. The quantitative estimate of drug-likeness (QED) is 0.266. The summed E-state index contributed by atoms with van der Waals surface area (Å²) in [5.41, 5.74) is 13.7. The average molecular weight is 465 g/mol. The van der Waals surface area contributed by atoms with Gasteiger partial charge in [0, 0.05) is 44.2 Å². The summed E-state index contributed by atoms with van der Waals surface area (Å²) < 4.78 is 2.50. The molecule has 1 radical (unpaired) electrons. The van der Waals surface area contributed by atoms with Crippen LogP contribution in [0.1, 0.15) is 50.7 Å². The molecule has 5 aromatic rings. The number of benzene rings is 4. The molecule has 175 valence electrons. The Kier molecular flexibility index (Phi) is 3.94. The number of rotatable bonds is 1. The normalized spacial score (nSPS) is 23.6. The lowest BCUT2D eigenvalue weighted by molar-refractivity contribution is 0.214. The third kappa shape index (κ3) is 2.44. The highest BCUT2D eigenvalue weighted by atomic mass is 15.1. The first-order valence-corrected chi connectivity index (χ1v) is 13.4. The van der Waals surface area contributed by atoms with Crippen LogP contribution in [-0.4, -0.2) is 17.4 Å². The predicted molar refractivity (Wildman–Crippen MR) is 154 cm³/mol. The molecule has 0 spiro atoms. The largest absolute Gasteiger partial charge is 0.378 e. The van der Waals surface area contributed by atoms with Crippen molar-refractivity contribution in [3.05, 3.63) is 83.9 Å². The number of hydrogen-bond donors (Lipinski definition) is 1. The monoisotopic (exact) mass is 465 g/mol. The van der Waals surface area contributed by atoms with Gasteiger partial charge in [0.1, 0.15) is 0 Å². The summed E-state index contributed by atoms with van der Waals surface area (Å²) in [5, 5.41) is 6.75. The van der Waals surface area contributed by atoms with Crippen molar-refractivity contribution in [1.29, 1.82) is 0 Å². The number of para-hydroxylation sites is 3. The van der Waals surface area contributed by atoms with Crippen molar-refractivity contribution in [2.75, 3.05) is 5.32 Å². The van der Waals surface area contributed by atoms with Gasteiger partial charge < -0.3 is 9.88 Å². The first kappa shape index (κ1) is 20.7. The predicted octanol–water partition coefficient (Wildman–Crippen LogP) is 6.74. The fourth-order valence-corrected chi connectivity index (χ4v) is 7.69. The lowest BCUT2D eigenvalue weighted by Crippen LogP contribution is -2.50. The van der Waals surface area contributed by atoms with Gasteiger partial charge in [-0.25, -0.2) is 0 Å². The zero-order valence-electron chi connectivity index (χ0n) is 21.3. The topological polar surface area (TPSA) is 17.0 Å². The second-order valence-corrected chi connectivity index (χ2v) is 11.7. The van der Waals surface area contributed by atoms with E-state index in [2.05, 4.69) is 111 Å². The number of nitrogens with one attached hydrogen (secondary N) is 1. The van der Waals surface area contributed by atoms with Gasteiger partial charge in [0.05, 0.1) is 5.52 Å². The Morgan fingerprint density at radius 3 is 2.56 bits per heavy atom. The van der Waals surface area contributed by atoms with Crippen molar-refractivity contribution < 1.29 is 0 Å². The van der Waals surface area contributed by atoms with Gasteiger partial charge in [0.25, 0.3) is 0 Å². The van der Waals surface area contributed by atoms with Crippen molar-refractivity contribution >= 4 is 45.7 Å². The van der Waals surface area contributed by atoms with E-state index >= 15 is 0 Å². The fraction of sp³-hybridized carbons (Fsp3) is 0.273.